The van der Waals surface area contributed by atoms with E-state index >= 15 is 0 Å². The minimum atomic E-state index is -1.31. The molecule has 0 aliphatic carbocycles. The van der Waals surface area contributed by atoms with Gasteiger partial charge in [-0.2, -0.15) is 0 Å². The lowest BCUT2D eigenvalue weighted by molar-refractivity contribution is -0.140. The van der Waals surface area contributed by atoms with Crippen LogP contribution in [0.25, 0.3) is 0 Å². The molecule has 0 fully saturated rings. The van der Waals surface area contributed by atoms with Crippen molar-refractivity contribution in [3.8, 4) is 5.75 Å². The van der Waals surface area contributed by atoms with Gasteiger partial charge in [-0.05, 0) is 31.0 Å². The maximum atomic E-state index is 11.8. The van der Waals surface area contributed by atoms with Crippen molar-refractivity contribution in [2.75, 3.05) is 0 Å². The van der Waals surface area contributed by atoms with E-state index in [1.165, 1.54) is 18.2 Å². The molecule has 4 N–H and O–H groups in total. The molecular weight excluding hydrogens is 266 g/mol. The third kappa shape index (κ3) is 4.27. The van der Waals surface area contributed by atoms with Crippen LogP contribution in [0.1, 0.15) is 28.8 Å². The van der Waals surface area contributed by atoms with Gasteiger partial charge in [-0.15, -0.1) is 0 Å². The van der Waals surface area contributed by atoms with E-state index < -0.39 is 23.9 Å². The second kappa shape index (κ2) is 6.55. The average molecular weight is 281 g/mol. The second-order valence-electron chi connectivity index (χ2n) is 4.30. The molecule has 1 atom stereocenters. The highest BCUT2D eigenvalue weighted by Gasteiger charge is 2.21. The van der Waals surface area contributed by atoms with Gasteiger partial charge in [-0.3, -0.25) is 9.59 Å². The van der Waals surface area contributed by atoms with Gasteiger partial charge >= 0.3 is 11.9 Å². The summed E-state index contributed by atoms with van der Waals surface area (Å²) in [5, 5.41) is 29.2. The van der Waals surface area contributed by atoms with Crippen molar-refractivity contribution in [1.82, 2.24) is 5.32 Å². The molecule has 1 aromatic rings. The molecule has 0 spiro atoms. The molecule has 0 aromatic heterocycles. The molecule has 108 valence electrons. The van der Waals surface area contributed by atoms with Gasteiger partial charge < -0.3 is 20.6 Å². The Hall–Kier alpha value is -2.57. The number of aromatic hydroxyl groups is 1. The fraction of sp³-hybridized carbons (Fsp3) is 0.308. The first-order valence-corrected chi connectivity index (χ1v) is 5.86. The van der Waals surface area contributed by atoms with Crippen LogP contribution in [-0.4, -0.2) is 39.2 Å². The zero-order valence-electron chi connectivity index (χ0n) is 10.8. The molecule has 7 heteroatoms. The van der Waals surface area contributed by atoms with Crippen LogP contribution in [0, 0.1) is 6.92 Å². The molecule has 20 heavy (non-hydrogen) atoms. The number of nitrogens with one attached hydrogen (secondary N) is 1. The Kier molecular flexibility index (Phi) is 5.08. The van der Waals surface area contributed by atoms with Crippen molar-refractivity contribution in [1.29, 1.82) is 0 Å². The van der Waals surface area contributed by atoms with Gasteiger partial charge in [0.1, 0.15) is 11.8 Å². The van der Waals surface area contributed by atoms with Crippen LogP contribution in [0.3, 0.4) is 0 Å². The van der Waals surface area contributed by atoms with Crippen molar-refractivity contribution >= 4 is 17.8 Å². The summed E-state index contributed by atoms with van der Waals surface area (Å²) in [5.41, 5.74) is 0.692. The molecule has 0 radical (unpaired) electrons. The van der Waals surface area contributed by atoms with Gasteiger partial charge in [-0.1, -0.05) is 6.07 Å². The lowest BCUT2D eigenvalue weighted by atomic mass is 10.1. The molecule has 0 saturated carbocycles. The van der Waals surface area contributed by atoms with E-state index in [9.17, 15) is 19.5 Å². The van der Waals surface area contributed by atoms with Crippen molar-refractivity contribution < 1.29 is 29.7 Å². The SMILES string of the molecule is Cc1ccc(C(=O)NC(CCC(=O)O)C(=O)O)cc1O. The normalized spacial score (nSPS) is 11.7. The molecule has 1 amide bonds. The Balaban J connectivity index is 2.77. The molecule has 0 aliphatic rings. The van der Waals surface area contributed by atoms with Crippen molar-refractivity contribution in [2.45, 2.75) is 25.8 Å². The monoisotopic (exact) mass is 281 g/mol. The first-order chi connectivity index (χ1) is 9.31. The van der Waals surface area contributed by atoms with Gasteiger partial charge in [0.15, 0.2) is 0 Å². The third-order valence-corrected chi connectivity index (χ3v) is 2.72. The summed E-state index contributed by atoms with van der Waals surface area (Å²) in [7, 11) is 0. The highest BCUT2D eigenvalue weighted by molar-refractivity contribution is 5.97. The van der Waals surface area contributed by atoms with Crippen LogP contribution in [-0.2, 0) is 9.59 Å². The molecule has 1 aromatic carbocycles. The highest BCUT2D eigenvalue weighted by Crippen LogP contribution is 2.17. The van der Waals surface area contributed by atoms with Crippen molar-refractivity contribution in [3.05, 3.63) is 29.3 Å². The maximum Gasteiger partial charge on any atom is 0.326 e. The Morgan fingerprint density at radius 2 is 1.90 bits per heavy atom. The topological polar surface area (TPSA) is 124 Å². The molecule has 0 aliphatic heterocycles. The quantitative estimate of drug-likeness (QED) is 0.610. The number of carbonyl (C=O) groups is 3. The zero-order valence-corrected chi connectivity index (χ0v) is 10.8. The second-order valence-corrected chi connectivity index (χ2v) is 4.30. The molecular formula is C13H15NO6. The summed E-state index contributed by atoms with van der Waals surface area (Å²) in [6.07, 6.45) is -0.579. The first-order valence-electron chi connectivity index (χ1n) is 5.86. The number of phenols is 1. The number of carboxylic acids is 2. The fourth-order valence-corrected chi connectivity index (χ4v) is 1.52. The number of amides is 1. The van der Waals surface area contributed by atoms with Gasteiger partial charge in [0.05, 0.1) is 0 Å². The zero-order chi connectivity index (χ0) is 15.3. The summed E-state index contributed by atoms with van der Waals surface area (Å²) < 4.78 is 0. The Morgan fingerprint density at radius 1 is 1.25 bits per heavy atom. The van der Waals surface area contributed by atoms with Gasteiger partial charge in [0.25, 0.3) is 5.91 Å². The van der Waals surface area contributed by atoms with Gasteiger partial charge in [-0.25, -0.2) is 4.79 Å². The number of rotatable bonds is 6. The molecule has 0 bridgehead atoms. The number of benzene rings is 1. The fourth-order valence-electron chi connectivity index (χ4n) is 1.52. The van der Waals surface area contributed by atoms with Crippen LogP contribution in [0.5, 0.6) is 5.75 Å². The Morgan fingerprint density at radius 3 is 2.40 bits per heavy atom. The minimum Gasteiger partial charge on any atom is -0.508 e. The summed E-state index contributed by atoms with van der Waals surface area (Å²) >= 11 is 0. The number of carboxylic acid groups (broad SMARTS) is 2. The standard InChI is InChI=1S/C13H15NO6/c1-7-2-3-8(6-10(7)15)12(18)14-9(13(19)20)4-5-11(16)17/h2-3,6,9,15H,4-5H2,1H3,(H,14,18)(H,16,17)(H,19,20). The van der Waals surface area contributed by atoms with E-state index in [2.05, 4.69) is 5.32 Å². The number of phenolic OH excluding ortho intramolecular Hbond substituents is 1. The Labute approximate surface area is 114 Å². The van der Waals surface area contributed by atoms with E-state index in [4.69, 9.17) is 10.2 Å². The average Bonchev–Trinajstić information content (AvgIpc) is 2.36. The largest absolute Gasteiger partial charge is 0.508 e. The van der Waals surface area contributed by atoms with Crippen molar-refractivity contribution in [2.24, 2.45) is 0 Å². The van der Waals surface area contributed by atoms with E-state index in [1.807, 2.05) is 0 Å². The Bertz CT molecular complexity index is 540. The predicted octanol–water partition coefficient (Wildman–Crippen LogP) is 0.748. The van der Waals surface area contributed by atoms with E-state index in [1.54, 1.807) is 6.92 Å². The third-order valence-electron chi connectivity index (χ3n) is 2.72. The molecule has 7 nitrogen and oxygen atoms in total. The molecule has 1 unspecified atom stereocenters. The lowest BCUT2D eigenvalue weighted by Gasteiger charge is -2.13. The van der Waals surface area contributed by atoms with Crippen molar-refractivity contribution in [3.63, 3.8) is 0 Å². The number of aryl methyl sites for hydroxylation is 1. The number of hydrogen-bond acceptors (Lipinski definition) is 4. The summed E-state index contributed by atoms with van der Waals surface area (Å²) in [4.78, 5) is 33.2. The summed E-state index contributed by atoms with van der Waals surface area (Å²) in [5.74, 6) is -3.21. The van der Waals surface area contributed by atoms with E-state index in [0.717, 1.165) is 0 Å². The first kappa shape index (κ1) is 15.5. The van der Waals surface area contributed by atoms with Crippen LogP contribution < -0.4 is 5.32 Å². The number of carbonyl (C=O) groups excluding carboxylic acids is 1. The summed E-state index contributed by atoms with van der Waals surface area (Å²) in [6.45, 7) is 1.66. The number of hydrogen-bond donors (Lipinski definition) is 4. The van der Waals surface area contributed by atoms with Gasteiger partial charge in [0, 0.05) is 12.0 Å². The molecule has 0 heterocycles. The van der Waals surface area contributed by atoms with Gasteiger partial charge in [0.2, 0.25) is 0 Å². The van der Waals surface area contributed by atoms with E-state index in [-0.39, 0.29) is 24.2 Å². The highest BCUT2D eigenvalue weighted by atomic mass is 16.4. The van der Waals surface area contributed by atoms with Crippen LogP contribution in [0.4, 0.5) is 0 Å². The molecule has 1 rings (SSSR count). The summed E-state index contributed by atoms with van der Waals surface area (Å²) in [6, 6.07) is 2.90. The van der Waals surface area contributed by atoms with Crippen LogP contribution >= 0.6 is 0 Å². The van der Waals surface area contributed by atoms with Crippen LogP contribution in [0.2, 0.25) is 0 Å². The minimum absolute atomic E-state index is 0.0740. The lowest BCUT2D eigenvalue weighted by Crippen LogP contribution is -2.41. The van der Waals surface area contributed by atoms with Crippen LogP contribution in [0.15, 0.2) is 18.2 Å². The smallest absolute Gasteiger partial charge is 0.326 e. The van der Waals surface area contributed by atoms with E-state index in [0.29, 0.717) is 5.56 Å². The number of aliphatic carboxylic acids is 2. The predicted molar refractivity (Wildman–Crippen MR) is 68.6 cm³/mol. The maximum absolute atomic E-state index is 11.8. The molecule has 0 saturated heterocycles.